The van der Waals surface area contributed by atoms with E-state index >= 15 is 0 Å². The van der Waals surface area contributed by atoms with Crippen molar-refractivity contribution in [1.82, 2.24) is 15.3 Å². The van der Waals surface area contributed by atoms with Crippen LogP contribution in [0.1, 0.15) is 37.4 Å². The molecule has 1 aromatic heterocycles. The summed E-state index contributed by atoms with van der Waals surface area (Å²) in [6.07, 6.45) is 4.45. The zero-order valence-corrected chi connectivity index (χ0v) is 11.3. The molecule has 18 heavy (non-hydrogen) atoms. The number of anilines is 1. The Labute approximate surface area is 109 Å². The highest BCUT2D eigenvalue weighted by Gasteiger charge is 2.24. The number of hydrogen-bond donors (Lipinski definition) is 1. The molecule has 4 heteroatoms. The molecule has 1 aliphatic heterocycles. The van der Waals surface area contributed by atoms with Gasteiger partial charge in [0.25, 0.3) is 0 Å². The monoisotopic (exact) mass is 246 g/mol. The van der Waals surface area contributed by atoms with Crippen LogP contribution < -0.4 is 10.2 Å². The molecule has 4 nitrogen and oxygen atoms in total. The normalized spacial score (nSPS) is 28.0. The average molecular weight is 246 g/mol. The first kappa shape index (κ1) is 11.9. The number of nitrogens with one attached hydrogen (secondary N) is 1. The van der Waals surface area contributed by atoms with Crippen molar-refractivity contribution in [2.75, 3.05) is 31.1 Å². The molecule has 1 N–H and O–H groups in total. The third kappa shape index (κ3) is 2.21. The Morgan fingerprint density at radius 1 is 1.28 bits per heavy atom. The van der Waals surface area contributed by atoms with Crippen LogP contribution in [0, 0.1) is 5.92 Å². The van der Waals surface area contributed by atoms with Crippen LogP contribution in [0.4, 0.5) is 5.95 Å². The molecule has 1 saturated heterocycles. The predicted molar refractivity (Wildman–Crippen MR) is 73.0 cm³/mol. The topological polar surface area (TPSA) is 41.1 Å². The van der Waals surface area contributed by atoms with Gasteiger partial charge in [-0.3, -0.25) is 0 Å². The van der Waals surface area contributed by atoms with Crippen LogP contribution in [-0.2, 0) is 6.42 Å². The van der Waals surface area contributed by atoms with Crippen LogP contribution in [0.5, 0.6) is 0 Å². The number of rotatable bonds is 1. The lowest BCUT2D eigenvalue weighted by atomic mass is 9.82. The summed E-state index contributed by atoms with van der Waals surface area (Å²) in [5.41, 5.74) is 2.65. The highest BCUT2D eigenvalue weighted by atomic mass is 15.3. The third-order valence-corrected chi connectivity index (χ3v) is 4.12. The van der Waals surface area contributed by atoms with E-state index in [1.54, 1.807) is 0 Å². The summed E-state index contributed by atoms with van der Waals surface area (Å²) in [4.78, 5) is 11.7. The third-order valence-electron chi connectivity index (χ3n) is 4.12. The molecule has 1 aromatic rings. The van der Waals surface area contributed by atoms with Gasteiger partial charge in [-0.25, -0.2) is 9.97 Å². The minimum Gasteiger partial charge on any atom is -0.338 e. The summed E-state index contributed by atoms with van der Waals surface area (Å²) < 4.78 is 0. The van der Waals surface area contributed by atoms with Gasteiger partial charge in [0.2, 0.25) is 5.95 Å². The van der Waals surface area contributed by atoms with Gasteiger partial charge in [0, 0.05) is 38.1 Å². The molecule has 0 aromatic carbocycles. The lowest BCUT2D eigenvalue weighted by molar-refractivity contribution is 0.440. The minimum atomic E-state index is 0.612. The first-order chi connectivity index (χ1) is 8.74. The Bertz CT molecular complexity index is 426. The second-order valence-corrected chi connectivity index (χ2v) is 5.76. The van der Waals surface area contributed by atoms with E-state index in [0.717, 1.165) is 44.5 Å². The maximum absolute atomic E-state index is 4.82. The molecule has 0 bridgehead atoms. The molecule has 0 spiro atoms. The van der Waals surface area contributed by atoms with E-state index in [1.165, 1.54) is 17.7 Å². The van der Waals surface area contributed by atoms with E-state index in [4.69, 9.17) is 4.98 Å². The number of nitrogens with zero attached hydrogens (tertiary/aromatic N) is 3. The summed E-state index contributed by atoms with van der Waals surface area (Å²) in [6.45, 7) is 8.72. The Hall–Kier alpha value is -1.16. The van der Waals surface area contributed by atoms with Gasteiger partial charge in [0.1, 0.15) is 0 Å². The molecule has 3 rings (SSSR count). The maximum Gasteiger partial charge on any atom is 0.225 e. The van der Waals surface area contributed by atoms with E-state index in [-0.39, 0.29) is 0 Å². The summed E-state index contributed by atoms with van der Waals surface area (Å²) in [5, 5.41) is 3.36. The molecule has 1 aliphatic carbocycles. The SMILES string of the molecule is CC1Cc2nc(N3CCNCC3)ncc2C(C)C1. The molecular weight excluding hydrogens is 224 g/mol. The van der Waals surface area contributed by atoms with Crippen molar-refractivity contribution < 1.29 is 0 Å². The second-order valence-electron chi connectivity index (χ2n) is 5.76. The van der Waals surface area contributed by atoms with Crippen molar-refractivity contribution in [3.63, 3.8) is 0 Å². The van der Waals surface area contributed by atoms with Crippen LogP contribution in [0.3, 0.4) is 0 Å². The Balaban J connectivity index is 1.87. The summed E-state index contributed by atoms with van der Waals surface area (Å²) in [7, 11) is 0. The maximum atomic E-state index is 4.82. The van der Waals surface area contributed by atoms with Crippen molar-refractivity contribution in [2.24, 2.45) is 5.92 Å². The van der Waals surface area contributed by atoms with Crippen molar-refractivity contribution >= 4 is 5.95 Å². The minimum absolute atomic E-state index is 0.612. The molecule has 2 atom stereocenters. The first-order valence-corrected chi connectivity index (χ1v) is 7.05. The Morgan fingerprint density at radius 3 is 2.83 bits per heavy atom. The van der Waals surface area contributed by atoms with Gasteiger partial charge in [-0.05, 0) is 30.2 Å². The van der Waals surface area contributed by atoms with Crippen molar-refractivity contribution in [1.29, 1.82) is 0 Å². The van der Waals surface area contributed by atoms with Gasteiger partial charge in [0.05, 0.1) is 0 Å². The number of fused-ring (bicyclic) bond motifs is 1. The Morgan fingerprint density at radius 2 is 2.06 bits per heavy atom. The molecule has 98 valence electrons. The lowest BCUT2D eigenvalue weighted by Crippen LogP contribution is -2.44. The van der Waals surface area contributed by atoms with Crippen LogP contribution in [0.2, 0.25) is 0 Å². The van der Waals surface area contributed by atoms with Gasteiger partial charge in [0.15, 0.2) is 0 Å². The molecular formula is C14H22N4. The van der Waals surface area contributed by atoms with E-state index in [9.17, 15) is 0 Å². The van der Waals surface area contributed by atoms with Crippen molar-refractivity contribution in [3.05, 3.63) is 17.5 Å². The van der Waals surface area contributed by atoms with E-state index in [2.05, 4.69) is 35.2 Å². The fourth-order valence-corrected chi connectivity index (χ4v) is 3.15. The van der Waals surface area contributed by atoms with E-state index < -0.39 is 0 Å². The zero-order chi connectivity index (χ0) is 12.5. The van der Waals surface area contributed by atoms with Gasteiger partial charge in [-0.15, -0.1) is 0 Å². The first-order valence-electron chi connectivity index (χ1n) is 7.05. The summed E-state index contributed by atoms with van der Waals surface area (Å²) >= 11 is 0. The van der Waals surface area contributed by atoms with Crippen molar-refractivity contribution in [3.8, 4) is 0 Å². The number of piperazine rings is 1. The fraction of sp³-hybridized carbons (Fsp3) is 0.714. The molecule has 1 fully saturated rings. The summed E-state index contributed by atoms with van der Waals surface area (Å²) in [5.74, 6) is 2.29. The standard InChI is InChI=1S/C14H22N4/c1-10-7-11(2)12-9-16-14(17-13(12)8-10)18-5-3-15-4-6-18/h9-11,15H,3-8H2,1-2H3. The molecule has 0 amide bonds. The molecule has 0 saturated carbocycles. The molecule has 2 unspecified atom stereocenters. The lowest BCUT2D eigenvalue weighted by Gasteiger charge is -2.30. The van der Waals surface area contributed by atoms with Crippen molar-refractivity contribution in [2.45, 2.75) is 32.6 Å². The van der Waals surface area contributed by atoms with Crippen LogP contribution in [0.25, 0.3) is 0 Å². The number of hydrogen-bond acceptors (Lipinski definition) is 4. The van der Waals surface area contributed by atoms with Crippen LogP contribution in [0.15, 0.2) is 6.20 Å². The second kappa shape index (κ2) is 4.84. The molecule has 2 aliphatic rings. The van der Waals surface area contributed by atoms with Crippen LogP contribution >= 0.6 is 0 Å². The summed E-state index contributed by atoms with van der Waals surface area (Å²) in [6, 6.07) is 0. The highest BCUT2D eigenvalue weighted by Crippen LogP contribution is 2.33. The van der Waals surface area contributed by atoms with E-state index in [1.807, 2.05) is 0 Å². The highest BCUT2D eigenvalue weighted by molar-refractivity contribution is 5.36. The van der Waals surface area contributed by atoms with Crippen LogP contribution in [-0.4, -0.2) is 36.1 Å². The Kier molecular flexibility index (Phi) is 3.20. The zero-order valence-electron chi connectivity index (χ0n) is 11.3. The predicted octanol–water partition coefficient (Wildman–Crippen LogP) is 1.57. The molecule has 0 radical (unpaired) electrons. The van der Waals surface area contributed by atoms with Gasteiger partial charge < -0.3 is 10.2 Å². The molecule has 2 heterocycles. The quantitative estimate of drug-likeness (QED) is 0.816. The van der Waals surface area contributed by atoms with Gasteiger partial charge in [-0.1, -0.05) is 13.8 Å². The van der Waals surface area contributed by atoms with Gasteiger partial charge >= 0.3 is 0 Å². The largest absolute Gasteiger partial charge is 0.338 e. The van der Waals surface area contributed by atoms with Gasteiger partial charge in [-0.2, -0.15) is 0 Å². The number of aromatic nitrogens is 2. The smallest absolute Gasteiger partial charge is 0.225 e. The average Bonchev–Trinajstić information content (AvgIpc) is 2.39. The fourth-order valence-electron chi connectivity index (χ4n) is 3.15. The van der Waals surface area contributed by atoms with E-state index in [0.29, 0.717) is 5.92 Å².